The van der Waals surface area contributed by atoms with E-state index in [1.54, 1.807) is 24.3 Å². The maximum absolute atomic E-state index is 12.1. The van der Waals surface area contributed by atoms with Crippen molar-refractivity contribution in [2.45, 2.75) is 25.7 Å². The van der Waals surface area contributed by atoms with Crippen molar-refractivity contribution in [2.24, 2.45) is 0 Å². The van der Waals surface area contributed by atoms with Crippen molar-refractivity contribution in [2.75, 3.05) is 12.4 Å². The third-order valence-electron chi connectivity index (χ3n) is 3.36. The number of ketones is 1. The van der Waals surface area contributed by atoms with Crippen LogP contribution in [-0.2, 0) is 4.79 Å². The largest absolute Gasteiger partial charge is 0.298 e. The zero-order chi connectivity index (χ0) is 14.5. The zero-order valence-electron chi connectivity index (χ0n) is 11.1. The molecular weight excluding hydrogens is 278 g/mol. The molecule has 0 atom stereocenters. The summed E-state index contributed by atoms with van der Waals surface area (Å²) in [5.74, 6) is -0.351. The van der Waals surface area contributed by atoms with Crippen LogP contribution in [0.15, 0.2) is 24.3 Å². The van der Waals surface area contributed by atoms with Gasteiger partial charge in [-0.15, -0.1) is 11.6 Å². The Morgan fingerprint density at radius 2 is 1.60 bits per heavy atom. The number of halogens is 1. The normalized spacial score (nSPS) is 13.8. The number of amides is 2. The molecule has 1 aromatic rings. The Hall–Kier alpha value is -1.68. The molecule has 1 heterocycles. The van der Waals surface area contributed by atoms with Crippen LogP contribution in [0, 0.1) is 0 Å². The summed E-state index contributed by atoms with van der Waals surface area (Å²) in [7, 11) is 0. The van der Waals surface area contributed by atoms with Gasteiger partial charge in [0.2, 0.25) is 0 Å². The molecule has 0 fully saturated rings. The Balaban J connectivity index is 1.82. The standard InChI is InChI=1S/C15H16ClNO3/c16-10-11(18)6-2-1-5-9-17-14(19)12-7-3-4-8-13(12)15(17)20/h3-4,7-8H,1-2,5-6,9-10H2. The first-order valence-electron chi connectivity index (χ1n) is 6.68. The second kappa shape index (κ2) is 6.66. The topological polar surface area (TPSA) is 54.5 Å². The van der Waals surface area contributed by atoms with E-state index in [1.165, 1.54) is 4.90 Å². The first-order chi connectivity index (χ1) is 9.65. The van der Waals surface area contributed by atoms with E-state index in [2.05, 4.69) is 0 Å². The van der Waals surface area contributed by atoms with Gasteiger partial charge in [0.1, 0.15) is 5.78 Å². The summed E-state index contributed by atoms with van der Waals surface area (Å²) in [6.07, 6.45) is 2.72. The molecule has 1 aromatic carbocycles. The number of Topliss-reactive ketones (excluding diaryl/α,β-unsaturated/α-hetero) is 1. The lowest BCUT2D eigenvalue weighted by atomic mass is 10.1. The number of fused-ring (bicyclic) bond motifs is 1. The fourth-order valence-electron chi connectivity index (χ4n) is 2.28. The van der Waals surface area contributed by atoms with Gasteiger partial charge >= 0.3 is 0 Å². The van der Waals surface area contributed by atoms with Gasteiger partial charge in [0.05, 0.1) is 17.0 Å². The highest BCUT2D eigenvalue weighted by Crippen LogP contribution is 2.22. The molecule has 1 aliphatic rings. The quantitative estimate of drug-likeness (QED) is 0.441. The number of hydrogen-bond donors (Lipinski definition) is 0. The van der Waals surface area contributed by atoms with Crippen molar-refractivity contribution in [3.05, 3.63) is 35.4 Å². The van der Waals surface area contributed by atoms with Crippen molar-refractivity contribution in [1.82, 2.24) is 4.90 Å². The van der Waals surface area contributed by atoms with Crippen molar-refractivity contribution >= 4 is 29.2 Å². The Morgan fingerprint density at radius 1 is 1.00 bits per heavy atom. The molecule has 2 rings (SSSR count). The van der Waals surface area contributed by atoms with E-state index >= 15 is 0 Å². The van der Waals surface area contributed by atoms with Crippen LogP contribution < -0.4 is 0 Å². The molecule has 0 bridgehead atoms. The van der Waals surface area contributed by atoms with E-state index in [0.29, 0.717) is 30.5 Å². The molecule has 0 aromatic heterocycles. The van der Waals surface area contributed by atoms with Crippen molar-refractivity contribution in [1.29, 1.82) is 0 Å². The minimum absolute atomic E-state index is 0.0346. The monoisotopic (exact) mass is 293 g/mol. The lowest BCUT2D eigenvalue weighted by Gasteiger charge is -2.13. The number of unbranched alkanes of at least 4 members (excludes halogenated alkanes) is 2. The summed E-state index contributed by atoms with van der Waals surface area (Å²) >= 11 is 5.41. The zero-order valence-corrected chi connectivity index (χ0v) is 11.9. The van der Waals surface area contributed by atoms with Crippen molar-refractivity contribution < 1.29 is 14.4 Å². The predicted molar refractivity (Wildman–Crippen MR) is 76.0 cm³/mol. The molecular formula is C15H16ClNO3. The van der Waals surface area contributed by atoms with Gasteiger partial charge in [0.15, 0.2) is 0 Å². The molecule has 106 valence electrons. The lowest BCUT2D eigenvalue weighted by Crippen LogP contribution is -2.30. The first kappa shape index (κ1) is 14.7. The van der Waals surface area contributed by atoms with Gasteiger partial charge in [-0.25, -0.2) is 0 Å². The van der Waals surface area contributed by atoms with Crippen LogP contribution in [0.5, 0.6) is 0 Å². The summed E-state index contributed by atoms with van der Waals surface area (Å²) in [6.45, 7) is 0.404. The molecule has 0 unspecified atom stereocenters. The third-order valence-corrected chi connectivity index (χ3v) is 3.66. The Labute approximate surface area is 122 Å². The maximum Gasteiger partial charge on any atom is 0.261 e. The van der Waals surface area contributed by atoms with Crippen molar-refractivity contribution in [3.8, 4) is 0 Å². The second-order valence-corrected chi connectivity index (χ2v) is 5.06. The summed E-state index contributed by atoms with van der Waals surface area (Å²) in [5.41, 5.74) is 0.963. The molecule has 0 saturated carbocycles. The number of carbonyl (C=O) groups is 3. The Kier molecular flexibility index (Phi) is 4.90. The average molecular weight is 294 g/mol. The smallest absolute Gasteiger partial charge is 0.261 e. The van der Waals surface area contributed by atoms with Crippen LogP contribution in [0.2, 0.25) is 0 Å². The highest BCUT2D eigenvalue weighted by Gasteiger charge is 2.34. The molecule has 1 aliphatic heterocycles. The molecule has 2 amide bonds. The molecule has 5 heteroatoms. The molecule has 0 spiro atoms. The predicted octanol–water partition coefficient (Wildman–Crippen LogP) is 2.65. The maximum atomic E-state index is 12.1. The summed E-state index contributed by atoms with van der Waals surface area (Å²) in [4.78, 5) is 36.4. The molecule has 20 heavy (non-hydrogen) atoms. The van der Waals surface area contributed by atoms with Crippen LogP contribution in [0.4, 0.5) is 0 Å². The second-order valence-electron chi connectivity index (χ2n) is 4.79. The number of carbonyl (C=O) groups excluding carboxylic acids is 3. The fourth-order valence-corrected chi connectivity index (χ4v) is 2.41. The summed E-state index contributed by atoms with van der Waals surface area (Å²) in [6, 6.07) is 6.86. The average Bonchev–Trinajstić information content (AvgIpc) is 2.71. The third kappa shape index (κ3) is 3.07. The highest BCUT2D eigenvalue weighted by molar-refractivity contribution is 6.27. The molecule has 0 aliphatic carbocycles. The van der Waals surface area contributed by atoms with Crippen LogP contribution >= 0.6 is 11.6 Å². The van der Waals surface area contributed by atoms with Gasteiger partial charge in [0.25, 0.3) is 11.8 Å². The van der Waals surface area contributed by atoms with Gasteiger partial charge in [-0.1, -0.05) is 18.6 Å². The minimum atomic E-state index is -0.220. The van der Waals surface area contributed by atoms with Crippen LogP contribution in [-0.4, -0.2) is 34.9 Å². The van der Waals surface area contributed by atoms with E-state index in [0.717, 1.165) is 12.8 Å². The van der Waals surface area contributed by atoms with Crippen LogP contribution in [0.1, 0.15) is 46.4 Å². The number of hydrogen-bond acceptors (Lipinski definition) is 3. The molecule has 0 radical (unpaired) electrons. The lowest BCUT2D eigenvalue weighted by molar-refractivity contribution is -0.116. The van der Waals surface area contributed by atoms with Crippen LogP contribution in [0.3, 0.4) is 0 Å². The van der Waals surface area contributed by atoms with E-state index in [9.17, 15) is 14.4 Å². The number of nitrogens with zero attached hydrogens (tertiary/aromatic N) is 1. The van der Waals surface area contributed by atoms with E-state index in [4.69, 9.17) is 11.6 Å². The number of imide groups is 1. The Morgan fingerprint density at radius 3 is 2.15 bits per heavy atom. The van der Waals surface area contributed by atoms with E-state index in [-0.39, 0.29) is 23.5 Å². The van der Waals surface area contributed by atoms with Crippen LogP contribution in [0.25, 0.3) is 0 Å². The Bertz CT molecular complexity index is 507. The van der Waals surface area contributed by atoms with Gasteiger partial charge in [0, 0.05) is 13.0 Å². The minimum Gasteiger partial charge on any atom is -0.298 e. The highest BCUT2D eigenvalue weighted by atomic mass is 35.5. The first-order valence-corrected chi connectivity index (χ1v) is 7.21. The van der Waals surface area contributed by atoms with Gasteiger partial charge in [-0.3, -0.25) is 19.3 Å². The van der Waals surface area contributed by atoms with Crippen molar-refractivity contribution in [3.63, 3.8) is 0 Å². The number of alkyl halides is 1. The number of rotatable bonds is 7. The van der Waals surface area contributed by atoms with Gasteiger partial charge in [-0.05, 0) is 25.0 Å². The molecule has 4 nitrogen and oxygen atoms in total. The van der Waals surface area contributed by atoms with Gasteiger partial charge < -0.3 is 0 Å². The van der Waals surface area contributed by atoms with Gasteiger partial charge in [-0.2, -0.15) is 0 Å². The van der Waals surface area contributed by atoms with E-state index in [1.807, 2.05) is 0 Å². The molecule has 0 saturated heterocycles. The number of benzene rings is 1. The SMILES string of the molecule is O=C(CCl)CCCCCN1C(=O)c2ccccc2C1=O. The molecule has 0 N–H and O–H groups in total. The van der Waals surface area contributed by atoms with E-state index < -0.39 is 0 Å². The summed E-state index contributed by atoms with van der Waals surface area (Å²) < 4.78 is 0. The summed E-state index contributed by atoms with van der Waals surface area (Å²) in [5, 5.41) is 0. The fraction of sp³-hybridized carbons (Fsp3) is 0.400.